The molecule has 1 aromatic carbocycles. The summed E-state index contributed by atoms with van der Waals surface area (Å²) in [5.74, 6) is 0. The van der Waals surface area contributed by atoms with Crippen LogP contribution in [-0.4, -0.2) is 67.5 Å². The molecule has 1 fully saturated rings. The molecule has 0 aromatic heterocycles. The highest BCUT2D eigenvalue weighted by Crippen LogP contribution is 2.31. The first-order valence-corrected chi connectivity index (χ1v) is 6.76. The van der Waals surface area contributed by atoms with Gasteiger partial charge in [-0.05, 0) is 6.07 Å². The highest BCUT2D eigenvalue weighted by atomic mass is 16.6. The van der Waals surface area contributed by atoms with Crippen molar-refractivity contribution >= 4 is 17.1 Å². The molecule has 2 rings (SSSR count). The Morgan fingerprint density at radius 1 is 1.12 bits per heavy atom. The predicted octanol–water partition coefficient (Wildman–Crippen LogP) is -1.29. The van der Waals surface area contributed by atoms with Gasteiger partial charge in [0.15, 0.2) is 6.29 Å². The number of aliphatic hydroxyl groups is 4. The Bertz CT molecular complexity index is 640. The van der Waals surface area contributed by atoms with Gasteiger partial charge in [0.2, 0.25) is 0 Å². The minimum Gasteiger partial charge on any atom is -0.394 e. The fraction of sp³-hybridized carbons (Fsp3) is 0.500. The molecule has 0 spiro atoms. The van der Waals surface area contributed by atoms with E-state index in [1.54, 1.807) is 0 Å². The minimum atomic E-state index is -1.68. The number of aliphatic hydroxyl groups excluding tert-OH is 4. The first-order valence-electron chi connectivity index (χ1n) is 6.76. The van der Waals surface area contributed by atoms with Gasteiger partial charge in [-0.15, -0.1) is 0 Å². The van der Waals surface area contributed by atoms with Gasteiger partial charge in [-0.3, -0.25) is 20.2 Å². The van der Waals surface area contributed by atoms with Gasteiger partial charge in [0.05, 0.1) is 22.5 Å². The molecule has 5 N–H and O–H groups in total. The summed E-state index contributed by atoms with van der Waals surface area (Å²) in [6.07, 6.45) is -6.07. The zero-order valence-electron chi connectivity index (χ0n) is 12.1. The summed E-state index contributed by atoms with van der Waals surface area (Å²) >= 11 is 0. The van der Waals surface area contributed by atoms with Gasteiger partial charge in [-0.1, -0.05) is 0 Å². The smallest absolute Gasteiger partial charge is 0.299 e. The molecule has 0 bridgehead atoms. The normalized spacial score (nSPS) is 29.9. The molecule has 132 valence electrons. The number of nitrogens with one attached hydrogen (secondary N) is 1. The first kappa shape index (κ1) is 18.0. The van der Waals surface area contributed by atoms with Crippen LogP contribution in [0.4, 0.5) is 17.1 Å². The lowest BCUT2D eigenvalue weighted by Crippen LogP contribution is -2.61. The number of hydrogen-bond acceptors (Lipinski definition) is 10. The fourth-order valence-corrected chi connectivity index (χ4v) is 2.34. The number of non-ortho nitro benzene ring substituents is 1. The van der Waals surface area contributed by atoms with E-state index in [0.29, 0.717) is 0 Å². The number of nitro groups is 2. The van der Waals surface area contributed by atoms with E-state index in [1.807, 2.05) is 0 Å². The summed E-state index contributed by atoms with van der Waals surface area (Å²) in [5, 5.41) is 62.8. The first-order chi connectivity index (χ1) is 11.3. The van der Waals surface area contributed by atoms with Crippen molar-refractivity contribution in [2.75, 3.05) is 11.9 Å². The Balaban J connectivity index is 2.30. The molecule has 24 heavy (non-hydrogen) atoms. The Hall–Kier alpha value is -2.38. The Morgan fingerprint density at radius 2 is 1.79 bits per heavy atom. The molecular weight excluding hydrogens is 330 g/mol. The van der Waals surface area contributed by atoms with Crippen LogP contribution in [0.3, 0.4) is 0 Å². The third-order valence-corrected chi connectivity index (χ3v) is 3.61. The van der Waals surface area contributed by atoms with E-state index in [-0.39, 0.29) is 5.69 Å². The molecular formula is C12H15N3O9. The van der Waals surface area contributed by atoms with Crippen molar-refractivity contribution < 1.29 is 35.0 Å². The van der Waals surface area contributed by atoms with Crippen molar-refractivity contribution in [3.8, 4) is 0 Å². The number of nitrogens with zero attached hydrogens (tertiary/aromatic N) is 2. The molecule has 0 radical (unpaired) electrons. The second-order valence-electron chi connectivity index (χ2n) is 5.11. The second-order valence-corrected chi connectivity index (χ2v) is 5.11. The Morgan fingerprint density at radius 3 is 2.33 bits per heavy atom. The van der Waals surface area contributed by atoms with Crippen molar-refractivity contribution in [2.45, 2.75) is 30.6 Å². The number of nitro benzene ring substituents is 2. The number of rotatable bonds is 5. The second kappa shape index (κ2) is 7.02. The third-order valence-electron chi connectivity index (χ3n) is 3.61. The molecule has 1 aliphatic heterocycles. The van der Waals surface area contributed by atoms with Crippen molar-refractivity contribution in [3.05, 3.63) is 38.4 Å². The van der Waals surface area contributed by atoms with E-state index >= 15 is 0 Å². The summed E-state index contributed by atoms with van der Waals surface area (Å²) < 4.78 is 4.92. The molecule has 5 atom stereocenters. The fourth-order valence-electron chi connectivity index (χ4n) is 2.34. The predicted molar refractivity (Wildman–Crippen MR) is 77.1 cm³/mol. The highest BCUT2D eigenvalue weighted by molar-refractivity contribution is 5.65. The molecule has 1 heterocycles. The maximum Gasteiger partial charge on any atom is 0.299 e. The zero-order chi connectivity index (χ0) is 18.0. The van der Waals surface area contributed by atoms with Crippen LogP contribution < -0.4 is 5.32 Å². The van der Waals surface area contributed by atoms with Gasteiger partial charge in [0.25, 0.3) is 11.4 Å². The Kier molecular flexibility index (Phi) is 5.26. The van der Waals surface area contributed by atoms with Gasteiger partial charge in [-0.2, -0.15) is 0 Å². The quantitative estimate of drug-likeness (QED) is 0.317. The molecule has 0 unspecified atom stereocenters. The van der Waals surface area contributed by atoms with Gasteiger partial charge >= 0.3 is 0 Å². The van der Waals surface area contributed by atoms with E-state index < -0.39 is 58.5 Å². The number of benzene rings is 1. The van der Waals surface area contributed by atoms with Crippen LogP contribution >= 0.6 is 0 Å². The third kappa shape index (κ3) is 3.42. The lowest BCUT2D eigenvalue weighted by molar-refractivity contribution is -0.393. The average molecular weight is 345 g/mol. The van der Waals surface area contributed by atoms with Crippen LogP contribution in [0.1, 0.15) is 0 Å². The number of anilines is 1. The standard InChI is InChI=1S/C12H15N3O9/c16-4-8-10(17)11(18)9(12(19)24-8)13-6-2-1-5(14(20)21)3-7(6)15(22)23/h1-3,8-13,16-19H,4H2/t8-,9-,10+,11+,12-/m0/s1. The summed E-state index contributed by atoms with van der Waals surface area (Å²) in [6.45, 7) is -0.653. The van der Waals surface area contributed by atoms with E-state index in [2.05, 4.69) is 5.32 Å². The summed E-state index contributed by atoms with van der Waals surface area (Å²) in [7, 11) is 0. The summed E-state index contributed by atoms with van der Waals surface area (Å²) in [6, 6.07) is 1.41. The molecule has 1 aromatic rings. The molecule has 12 nitrogen and oxygen atoms in total. The van der Waals surface area contributed by atoms with Crippen molar-refractivity contribution in [1.82, 2.24) is 0 Å². The van der Waals surface area contributed by atoms with Crippen LogP contribution in [0, 0.1) is 20.2 Å². The summed E-state index contributed by atoms with van der Waals surface area (Å²) in [4.78, 5) is 20.1. The van der Waals surface area contributed by atoms with Crippen LogP contribution in [-0.2, 0) is 4.74 Å². The van der Waals surface area contributed by atoms with Crippen LogP contribution in [0.2, 0.25) is 0 Å². The largest absolute Gasteiger partial charge is 0.394 e. The molecule has 0 saturated carbocycles. The Labute approximate surface area is 134 Å². The highest BCUT2D eigenvalue weighted by Gasteiger charge is 2.44. The molecule has 1 aliphatic rings. The maximum absolute atomic E-state index is 11.1. The topological polar surface area (TPSA) is 188 Å². The van der Waals surface area contributed by atoms with Crippen LogP contribution in [0.25, 0.3) is 0 Å². The van der Waals surface area contributed by atoms with Crippen molar-refractivity contribution in [2.24, 2.45) is 0 Å². The van der Waals surface area contributed by atoms with Gasteiger partial charge in [0, 0.05) is 6.07 Å². The van der Waals surface area contributed by atoms with E-state index in [9.17, 15) is 35.5 Å². The lowest BCUT2D eigenvalue weighted by atomic mass is 9.96. The van der Waals surface area contributed by atoms with E-state index in [4.69, 9.17) is 9.84 Å². The van der Waals surface area contributed by atoms with Gasteiger partial charge in [-0.25, -0.2) is 0 Å². The van der Waals surface area contributed by atoms with Gasteiger partial charge < -0.3 is 30.5 Å². The molecule has 0 amide bonds. The minimum absolute atomic E-state index is 0.216. The van der Waals surface area contributed by atoms with E-state index in [1.165, 1.54) is 0 Å². The van der Waals surface area contributed by atoms with Crippen LogP contribution in [0.5, 0.6) is 0 Å². The van der Waals surface area contributed by atoms with Crippen LogP contribution in [0.15, 0.2) is 18.2 Å². The maximum atomic E-state index is 11.1. The van der Waals surface area contributed by atoms with Gasteiger partial charge in [0.1, 0.15) is 30.0 Å². The molecule has 1 saturated heterocycles. The van der Waals surface area contributed by atoms with Crippen molar-refractivity contribution in [1.29, 1.82) is 0 Å². The van der Waals surface area contributed by atoms with E-state index in [0.717, 1.165) is 18.2 Å². The number of ether oxygens (including phenoxy) is 1. The SMILES string of the molecule is O=[N+]([O-])c1ccc(N[C@H]2[C@@H](O)[C@H](O)[C@H](CO)O[C@@H]2O)c([N+](=O)[O-])c1. The monoisotopic (exact) mass is 345 g/mol. The average Bonchev–Trinajstić information content (AvgIpc) is 2.54. The zero-order valence-corrected chi connectivity index (χ0v) is 12.1. The summed E-state index contributed by atoms with van der Waals surface area (Å²) in [5.41, 5.74) is -1.37. The lowest BCUT2D eigenvalue weighted by Gasteiger charge is -2.40. The number of hydrogen-bond donors (Lipinski definition) is 5. The molecule has 12 heteroatoms. The van der Waals surface area contributed by atoms with Crippen molar-refractivity contribution in [3.63, 3.8) is 0 Å². The molecule has 0 aliphatic carbocycles.